The van der Waals surface area contributed by atoms with Gasteiger partial charge in [0.15, 0.2) is 0 Å². The summed E-state index contributed by atoms with van der Waals surface area (Å²) in [6, 6.07) is 6.48. The van der Waals surface area contributed by atoms with E-state index in [1.807, 2.05) is 13.8 Å². The van der Waals surface area contributed by atoms with Crippen molar-refractivity contribution in [1.82, 2.24) is 10.3 Å². The summed E-state index contributed by atoms with van der Waals surface area (Å²) >= 11 is 4.25. The monoisotopic (exact) mass is 372 g/mol. The minimum absolute atomic E-state index is 0.0295. The van der Waals surface area contributed by atoms with E-state index in [9.17, 15) is 8.78 Å². The Labute approximate surface area is 135 Å². The van der Waals surface area contributed by atoms with Crippen molar-refractivity contribution in [3.05, 3.63) is 52.1 Å². The molecule has 0 fully saturated rings. The van der Waals surface area contributed by atoms with Gasteiger partial charge in [0.1, 0.15) is 16.7 Å². The molecule has 0 aliphatic heterocycles. The fraction of sp³-hybridized carbons (Fsp3) is 0.267. The lowest BCUT2D eigenvalue weighted by molar-refractivity contribution is 0.529. The van der Waals surface area contributed by atoms with Gasteiger partial charge in [-0.1, -0.05) is 25.6 Å². The molecule has 1 heterocycles. The summed E-state index contributed by atoms with van der Waals surface area (Å²) in [4.78, 5) is 4.08. The summed E-state index contributed by atoms with van der Waals surface area (Å²) < 4.78 is 29.0. The lowest BCUT2D eigenvalue weighted by atomic mass is 10.2. The third-order valence-electron chi connectivity index (χ3n) is 2.68. The van der Waals surface area contributed by atoms with Gasteiger partial charge in [-0.2, -0.15) is 0 Å². The fourth-order valence-corrected chi connectivity index (χ4v) is 2.66. The Morgan fingerprint density at radius 2 is 1.90 bits per heavy atom. The first-order valence-corrected chi connectivity index (χ1v) is 8.07. The first kappa shape index (κ1) is 16.4. The van der Waals surface area contributed by atoms with Crippen LogP contribution in [0.5, 0.6) is 0 Å². The molecule has 112 valence electrons. The van der Waals surface area contributed by atoms with E-state index in [2.05, 4.69) is 26.2 Å². The average Bonchev–Trinajstić information content (AvgIpc) is 2.42. The Kier molecular flexibility index (Phi) is 5.72. The number of rotatable bonds is 5. The summed E-state index contributed by atoms with van der Waals surface area (Å²) in [6.45, 7) is 4.40. The minimum atomic E-state index is -0.565. The van der Waals surface area contributed by atoms with Crippen LogP contribution >= 0.6 is 27.7 Å². The van der Waals surface area contributed by atoms with Gasteiger partial charge in [-0.25, -0.2) is 13.8 Å². The van der Waals surface area contributed by atoms with Gasteiger partial charge < -0.3 is 5.32 Å². The van der Waals surface area contributed by atoms with Crippen LogP contribution in [0.4, 0.5) is 8.78 Å². The highest BCUT2D eigenvalue weighted by Crippen LogP contribution is 2.32. The second-order valence-electron chi connectivity index (χ2n) is 4.84. The summed E-state index contributed by atoms with van der Waals surface area (Å²) in [6.07, 6.45) is 1.60. The van der Waals surface area contributed by atoms with Crippen molar-refractivity contribution < 1.29 is 8.78 Å². The van der Waals surface area contributed by atoms with Crippen LogP contribution in [0.3, 0.4) is 0 Å². The highest BCUT2D eigenvalue weighted by Gasteiger charge is 2.13. The highest BCUT2D eigenvalue weighted by atomic mass is 79.9. The molecule has 0 spiro atoms. The second kappa shape index (κ2) is 7.33. The molecule has 0 amide bonds. The summed E-state index contributed by atoms with van der Waals surface area (Å²) in [5.74, 6) is -1.13. The number of benzene rings is 1. The maximum atomic E-state index is 14.1. The molecule has 0 saturated heterocycles. The zero-order valence-electron chi connectivity index (χ0n) is 11.7. The molecule has 2 nitrogen and oxygen atoms in total. The van der Waals surface area contributed by atoms with Crippen LogP contribution in [0.15, 0.2) is 44.9 Å². The molecule has 0 atom stereocenters. The maximum absolute atomic E-state index is 14.1. The fourth-order valence-electron chi connectivity index (χ4n) is 1.66. The van der Waals surface area contributed by atoms with Crippen LogP contribution in [-0.2, 0) is 6.54 Å². The van der Waals surface area contributed by atoms with Gasteiger partial charge in [-0.15, -0.1) is 0 Å². The molecule has 1 aromatic heterocycles. The maximum Gasteiger partial charge on any atom is 0.140 e. The van der Waals surface area contributed by atoms with Gasteiger partial charge in [-0.3, -0.25) is 0 Å². The molecule has 0 aliphatic rings. The second-order valence-corrected chi connectivity index (χ2v) is 6.79. The molecule has 1 N–H and O–H groups in total. The topological polar surface area (TPSA) is 24.9 Å². The third-order valence-corrected chi connectivity index (χ3v) is 4.19. The molecular weight excluding hydrogens is 358 g/mol. The van der Waals surface area contributed by atoms with Gasteiger partial charge in [0.05, 0.1) is 4.90 Å². The Morgan fingerprint density at radius 1 is 1.24 bits per heavy atom. The number of aromatic nitrogens is 1. The number of pyridine rings is 1. The van der Waals surface area contributed by atoms with E-state index in [1.54, 1.807) is 18.3 Å². The molecule has 6 heteroatoms. The first-order valence-electron chi connectivity index (χ1n) is 6.46. The zero-order chi connectivity index (χ0) is 15.4. The smallest absolute Gasteiger partial charge is 0.140 e. The van der Waals surface area contributed by atoms with Gasteiger partial charge in [0, 0.05) is 23.3 Å². The van der Waals surface area contributed by atoms with Crippen LogP contribution in [-0.4, -0.2) is 11.0 Å². The van der Waals surface area contributed by atoms with E-state index in [0.29, 0.717) is 17.1 Å². The Hall–Kier alpha value is -0.980. The zero-order valence-corrected chi connectivity index (χ0v) is 14.1. The van der Waals surface area contributed by atoms with Crippen molar-refractivity contribution in [2.24, 2.45) is 0 Å². The predicted octanol–water partition coefficient (Wildman–Crippen LogP) is 4.77. The quantitative estimate of drug-likeness (QED) is 0.817. The highest BCUT2D eigenvalue weighted by molar-refractivity contribution is 9.10. The van der Waals surface area contributed by atoms with E-state index < -0.39 is 11.6 Å². The van der Waals surface area contributed by atoms with Gasteiger partial charge in [-0.05, 0) is 45.8 Å². The normalized spacial score (nSPS) is 11.1. The summed E-state index contributed by atoms with van der Waals surface area (Å²) in [7, 11) is 0. The molecule has 2 aromatic rings. The first-order chi connectivity index (χ1) is 9.95. The SMILES string of the molecule is CC(C)NCc1cc(F)c(Sc2ccc(Br)cn2)c(F)c1. The van der Waals surface area contributed by atoms with Gasteiger partial charge in [0.2, 0.25) is 0 Å². The van der Waals surface area contributed by atoms with Crippen molar-refractivity contribution in [1.29, 1.82) is 0 Å². The predicted molar refractivity (Wildman–Crippen MR) is 84.4 cm³/mol. The Bertz CT molecular complexity index is 595. The van der Waals surface area contributed by atoms with Crippen LogP contribution in [0.2, 0.25) is 0 Å². The average molecular weight is 373 g/mol. The van der Waals surface area contributed by atoms with Gasteiger partial charge in [0.25, 0.3) is 0 Å². The molecule has 0 bridgehead atoms. The van der Waals surface area contributed by atoms with Gasteiger partial charge >= 0.3 is 0 Å². The van der Waals surface area contributed by atoms with Crippen LogP contribution in [0.1, 0.15) is 19.4 Å². The molecule has 1 aromatic carbocycles. The number of hydrogen-bond donors (Lipinski definition) is 1. The molecular formula is C15H15BrF2N2S. The molecule has 21 heavy (non-hydrogen) atoms. The Morgan fingerprint density at radius 3 is 2.43 bits per heavy atom. The van der Waals surface area contributed by atoms with Crippen LogP contribution in [0.25, 0.3) is 0 Å². The minimum Gasteiger partial charge on any atom is -0.310 e. The van der Waals surface area contributed by atoms with Crippen molar-refractivity contribution in [2.45, 2.75) is 36.4 Å². The molecule has 0 unspecified atom stereocenters. The van der Waals surface area contributed by atoms with E-state index >= 15 is 0 Å². The molecule has 0 saturated carbocycles. The van der Waals surface area contributed by atoms with Crippen molar-refractivity contribution >= 4 is 27.7 Å². The number of halogens is 3. The lowest BCUT2D eigenvalue weighted by Crippen LogP contribution is -2.22. The standard InChI is InChI=1S/C15H15BrF2N2S/c1-9(2)19-7-10-5-12(17)15(13(18)6-10)21-14-4-3-11(16)8-20-14/h3-6,8-9,19H,7H2,1-2H3. The third kappa shape index (κ3) is 4.76. The largest absolute Gasteiger partial charge is 0.310 e. The van der Waals surface area contributed by atoms with E-state index in [4.69, 9.17) is 0 Å². The van der Waals surface area contributed by atoms with E-state index in [1.165, 1.54) is 12.1 Å². The molecule has 0 radical (unpaired) electrons. The lowest BCUT2D eigenvalue weighted by Gasteiger charge is -2.10. The van der Waals surface area contributed by atoms with E-state index in [-0.39, 0.29) is 10.9 Å². The molecule has 2 rings (SSSR count). The summed E-state index contributed by atoms with van der Waals surface area (Å²) in [5, 5.41) is 3.68. The molecule has 0 aliphatic carbocycles. The number of nitrogens with one attached hydrogen (secondary N) is 1. The van der Waals surface area contributed by atoms with Crippen LogP contribution < -0.4 is 5.32 Å². The Balaban J connectivity index is 2.18. The van der Waals surface area contributed by atoms with Crippen molar-refractivity contribution in [3.63, 3.8) is 0 Å². The summed E-state index contributed by atoms with van der Waals surface area (Å²) in [5.41, 5.74) is 0.590. The van der Waals surface area contributed by atoms with Crippen LogP contribution in [0, 0.1) is 11.6 Å². The van der Waals surface area contributed by atoms with E-state index in [0.717, 1.165) is 16.2 Å². The van der Waals surface area contributed by atoms with Crippen molar-refractivity contribution in [2.75, 3.05) is 0 Å². The van der Waals surface area contributed by atoms with Crippen molar-refractivity contribution in [3.8, 4) is 0 Å². The number of nitrogens with zero attached hydrogens (tertiary/aromatic N) is 1. The number of hydrogen-bond acceptors (Lipinski definition) is 3.